The number of carbonyl (C=O) groups excluding carboxylic acids is 1. The van der Waals surface area contributed by atoms with Crippen LogP contribution in [0, 0.1) is 5.92 Å². The first-order valence-corrected chi connectivity index (χ1v) is 12.1. The minimum atomic E-state index is 0. The fourth-order valence-electron chi connectivity index (χ4n) is 4.17. The Morgan fingerprint density at radius 2 is 2.00 bits per heavy atom. The number of hydrogen-bond acceptors (Lipinski definition) is 4. The van der Waals surface area contributed by atoms with E-state index in [9.17, 15) is 4.79 Å². The zero-order valence-electron chi connectivity index (χ0n) is 19.3. The van der Waals surface area contributed by atoms with Crippen molar-refractivity contribution in [3.63, 3.8) is 0 Å². The second kappa shape index (κ2) is 13.8. The summed E-state index contributed by atoms with van der Waals surface area (Å²) in [6, 6.07) is 12.8. The third-order valence-corrected chi connectivity index (χ3v) is 6.71. The molecule has 2 heterocycles. The first-order valence-electron chi connectivity index (χ1n) is 11.2. The number of carbonyl (C=O) groups is 1. The Balaban J connectivity index is 0.00000363. The van der Waals surface area contributed by atoms with Crippen molar-refractivity contribution < 1.29 is 4.79 Å². The summed E-state index contributed by atoms with van der Waals surface area (Å²) >= 11 is 1.85. The standard InChI is InChI=1S/C24H35N5OS.HI/c1-4-7-22(30)28-20-12-10-18(11-13-20)16-26-24(25-2)27-17-19-8-5-14-29(3)23(19)21-9-6-15-31-21;/h6,9-13,15,19,23H,4-5,7-8,14,16-17H2,1-3H3,(H,28,30)(H2,25,26,27);1H. The van der Waals surface area contributed by atoms with Crippen LogP contribution in [0.15, 0.2) is 46.8 Å². The van der Waals surface area contributed by atoms with Gasteiger partial charge in [-0.1, -0.05) is 25.1 Å². The van der Waals surface area contributed by atoms with Gasteiger partial charge in [0.15, 0.2) is 5.96 Å². The maximum absolute atomic E-state index is 11.7. The zero-order chi connectivity index (χ0) is 22.1. The Bertz CT molecular complexity index is 841. The number of aliphatic imine (C=N–C) groups is 1. The van der Waals surface area contributed by atoms with E-state index in [1.54, 1.807) is 0 Å². The summed E-state index contributed by atoms with van der Waals surface area (Å²) in [5.41, 5.74) is 1.98. The van der Waals surface area contributed by atoms with Crippen LogP contribution in [0.2, 0.25) is 0 Å². The number of piperidine rings is 1. The van der Waals surface area contributed by atoms with Crippen molar-refractivity contribution in [3.05, 3.63) is 52.2 Å². The summed E-state index contributed by atoms with van der Waals surface area (Å²) in [5.74, 6) is 1.44. The van der Waals surface area contributed by atoms with Gasteiger partial charge < -0.3 is 16.0 Å². The van der Waals surface area contributed by atoms with Gasteiger partial charge in [0.25, 0.3) is 0 Å². The molecule has 0 aliphatic carbocycles. The van der Waals surface area contributed by atoms with Crippen LogP contribution in [-0.2, 0) is 11.3 Å². The molecule has 2 atom stereocenters. The molecule has 32 heavy (non-hydrogen) atoms. The Morgan fingerprint density at radius 3 is 2.66 bits per heavy atom. The van der Waals surface area contributed by atoms with E-state index in [0.29, 0.717) is 24.9 Å². The Labute approximate surface area is 213 Å². The molecule has 1 aromatic heterocycles. The van der Waals surface area contributed by atoms with E-state index in [-0.39, 0.29) is 29.9 Å². The van der Waals surface area contributed by atoms with E-state index in [1.165, 1.54) is 17.7 Å². The highest BCUT2D eigenvalue weighted by atomic mass is 127. The number of anilines is 1. The number of guanidine groups is 1. The van der Waals surface area contributed by atoms with Crippen molar-refractivity contribution >= 4 is 52.9 Å². The predicted octanol–water partition coefficient (Wildman–Crippen LogP) is 4.85. The van der Waals surface area contributed by atoms with Crippen LogP contribution in [0.3, 0.4) is 0 Å². The predicted molar refractivity (Wildman–Crippen MR) is 146 cm³/mol. The fourth-order valence-corrected chi connectivity index (χ4v) is 5.16. The molecule has 2 aromatic rings. The van der Waals surface area contributed by atoms with Gasteiger partial charge in [0.2, 0.25) is 5.91 Å². The van der Waals surface area contributed by atoms with Crippen molar-refractivity contribution in [2.75, 3.05) is 32.5 Å². The van der Waals surface area contributed by atoms with Gasteiger partial charge in [0, 0.05) is 43.2 Å². The topological polar surface area (TPSA) is 68.8 Å². The Kier molecular flexibility index (Phi) is 11.5. The molecule has 8 heteroatoms. The third-order valence-electron chi connectivity index (χ3n) is 5.77. The number of nitrogens with zero attached hydrogens (tertiary/aromatic N) is 2. The highest BCUT2D eigenvalue weighted by molar-refractivity contribution is 14.0. The smallest absolute Gasteiger partial charge is 0.224 e. The highest BCUT2D eigenvalue weighted by Gasteiger charge is 2.31. The van der Waals surface area contributed by atoms with E-state index in [2.05, 4.69) is 50.4 Å². The Hall–Kier alpha value is -1.65. The van der Waals surface area contributed by atoms with Gasteiger partial charge in [0.1, 0.15) is 0 Å². The first kappa shape index (κ1) is 26.6. The lowest BCUT2D eigenvalue weighted by molar-refractivity contribution is -0.116. The number of halogens is 1. The van der Waals surface area contributed by atoms with Crippen molar-refractivity contribution in [2.24, 2.45) is 10.9 Å². The summed E-state index contributed by atoms with van der Waals surface area (Å²) < 4.78 is 0. The molecule has 3 N–H and O–H groups in total. The van der Waals surface area contributed by atoms with E-state index < -0.39 is 0 Å². The normalized spacial score (nSPS) is 19.2. The van der Waals surface area contributed by atoms with Crippen molar-refractivity contribution in [1.82, 2.24) is 15.5 Å². The quantitative estimate of drug-likeness (QED) is 0.242. The van der Waals surface area contributed by atoms with Crippen LogP contribution in [-0.4, -0.2) is 44.0 Å². The molecule has 0 spiro atoms. The molecule has 176 valence electrons. The van der Waals surface area contributed by atoms with E-state index in [0.717, 1.165) is 36.7 Å². The molecule has 6 nitrogen and oxygen atoms in total. The van der Waals surface area contributed by atoms with Gasteiger partial charge in [-0.3, -0.25) is 14.7 Å². The molecule has 2 unspecified atom stereocenters. The van der Waals surface area contributed by atoms with Gasteiger partial charge in [-0.05, 0) is 67.9 Å². The lowest BCUT2D eigenvalue weighted by atomic mass is 9.88. The van der Waals surface area contributed by atoms with Crippen molar-refractivity contribution in [3.8, 4) is 0 Å². The summed E-state index contributed by atoms with van der Waals surface area (Å²) in [7, 11) is 4.05. The fraction of sp³-hybridized carbons (Fsp3) is 0.500. The molecule has 1 fully saturated rings. The molecule has 0 bridgehead atoms. The van der Waals surface area contributed by atoms with Crippen molar-refractivity contribution in [2.45, 2.75) is 45.2 Å². The molecule has 1 aliphatic rings. The van der Waals surface area contributed by atoms with Gasteiger partial charge >= 0.3 is 0 Å². The average Bonchev–Trinajstić information content (AvgIpc) is 3.29. The summed E-state index contributed by atoms with van der Waals surface area (Å²) in [6.45, 7) is 4.74. The van der Waals surface area contributed by atoms with Gasteiger partial charge in [0.05, 0.1) is 0 Å². The van der Waals surface area contributed by atoms with Crippen LogP contribution >= 0.6 is 35.3 Å². The molecule has 0 radical (unpaired) electrons. The number of thiophene rings is 1. The third kappa shape index (κ3) is 7.74. The summed E-state index contributed by atoms with van der Waals surface area (Å²) in [5, 5.41) is 12.0. The number of likely N-dealkylation sites (tertiary alicyclic amines) is 1. The van der Waals surface area contributed by atoms with Crippen molar-refractivity contribution in [1.29, 1.82) is 0 Å². The van der Waals surface area contributed by atoms with Gasteiger partial charge in [-0.2, -0.15) is 0 Å². The van der Waals surface area contributed by atoms with Crippen LogP contribution < -0.4 is 16.0 Å². The van der Waals surface area contributed by atoms with Crippen LogP contribution in [0.1, 0.15) is 49.1 Å². The molecule has 1 aromatic carbocycles. The van der Waals surface area contributed by atoms with Crippen LogP contribution in [0.5, 0.6) is 0 Å². The highest BCUT2D eigenvalue weighted by Crippen LogP contribution is 2.36. The molecule has 1 saturated heterocycles. The monoisotopic (exact) mass is 569 g/mol. The Morgan fingerprint density at radius 1 is 1.22 bits per heavy atom. The lowest BCUT2D eigenvalue weighted by Gasteiger charge is -2.39. The molecule has 3 rings (SSSR count). The maximum atomic E-state index is 11.7. The number of amides is 1. The largest absolute Gasteiger partial charge is 0.356 e. The molecule has 1 aliphatic heterocycles. The van der Waals surface area contributed by atoms with Gasteiger partial charge in [-0.15, -0.1) is 35.3 Å². The van der Waals surface area contributed by atoms with Crippen LogP contribution in [0.4, 0.5) is 5.69 Å². The first-order chi connectivity index (χ1) is 15.1. The maximum Gasteiger partial charge on any atom is 0.224 e. The number of rotatable bonds is 8. The minimum Gasteiger partial charge on any atom is -0.356 e. The summed E-state index contributed by atoms with van der Waals surface area (Å²) in [6.07, 6.45) is 3.86. The molecular formula is C24H36IN5OS. The average molecular weight is 570 g/mol. The van der Waals surface area contributed by atoms with E-state index >= 15 is 0 Å². The second-order valence-corrected chi connectivity index (χ2v) is 9.12. The minimum absolute atomic E-state index is 0. The number of nitrogens with one attached hydrogen (secondary N) is 3. The molecular weight excluding hydrogens is 533 g/mol. The second-order valence-electron chi connectivity index (χ2n) is 8.14. The van der Waals surface area contributed by atoms with E-state index in [1.807, 2.05) is 49.6 Å². The molecule has 0 saturated carbocycles. The lowest BCUT2D eigenvalue weighted by Crippen LogP contribution is -2.44. The number of benzene rings is 1. The molecule has 1 amide bonds. The SMILES string of the molecule is CCCC(=O)Nc1ccc(CNC(=NC)NCC2CCCN(C)C2c2cccs2)cc1.I. The number of hydrogen-bond donors (Lipinski definition) is 3. The zero-order valence-corrected chi connectivity index (χ0v) is 22.4. The van der Waals surface area contributed by atoms with E-state index in [4.69, 9.17) is 0 Å². The van der Waals surface area contributed by atoms with Gasteiger partial charge in [-0.25, -0.2) is 0 Å². The van der Waals surface area contributed by atoms with Crippen LogP contribution in [0.25, 0.3) is 0 Å². The summed E-state index contributed by atoms with van der Waals surface area (Å²) in [4.78, 5) is 20.1.